The molecule has 0 N–H and O–H groups in total. The van der Waals surface area contributed by atoms with E-state index in [9.17, 15) is 0 Å². The molecule has 0 radical (unpaired) electrons. The molecule has 0 spiro atoms. The molecule has 0 amide bonds. The van der Waals surface area contributed by atoms with E-state index in [2.05, 4.69) is 158 Å². The molecule has 186 valence electrons. The molecule has 0 atom stereocenters. The lowest BCUT2D eigenvalue weighted by Crippen LogP contribution is -1.91. The summed E-state index contributed by atoms with van der Waals surface area (Å²) < 4.78 is 0. The van der Waals surface area contributed by atoms with Crippen LogP contribution in [0.4, 0.5) is 0 Å². The van der Waals surface area contributed by atoms with Gasteiger partial charge in [0.25, 0.3) is 0 Å². The molecular weight excluding hydrogens is 480 g/mol. The van der Waals surface area contributed by atoms with Crippen molar-refractivity contribution in [3.05, 3.63) is 158 Å². The summed E-state index contributed by atoms with van der Waals surface area (Å²) in [6, 6.07) is 57.5. The molecule has 8 rings (SSSR count). The van der Waals surface area contributed by atoms with Crippen LogP contribution in [0.5, 0.6) is 0 Å². The summed E-state index contributed by atoms with van der Waals surface area (Å²) in [5.74, 6) is 0. The molecule has 0 nitrogen and oxygen atoms in total. The second-order valence-corrected chi connectivity index (χ2v) is 10.5. The lowest BCUT2D eigenvalue weighted by molar-refractivity contribution is 1.65. The smallest absolute Gasteiger partial charge is 0.00262 e. The Morgan fingerprint density at radius 1 is 0.250 bits per heavy atom. The molecule has 0 saturated carbocycles. The fourth-order valence-electron chi connectivity index (χ4n) is 6.48. The van der Waals surface area contributed by atoms with E-state index in [-0.39, 0.29) is 0 Å². The first kappa shape index (κ1) is 22.8. The number of hydrogen-bond donors (Lipinski definition) is 0. The third kappa shape index (κ3) is 3.54. The maximum atomic E-state index is 2.39. The Morgan fingerprint density at radius 3 is 1.27 bits per heavy atom. The minimum atomic E-state index is 1.24. The Bertz CT molecular complexity index is 2130. The molecule has 0 aliphatic heterocycles. The van der Waals surface area contributed by atoms with Gasteiger partial charge < -0.3 is 0 Å². The van der Waals surface area contributed by atoms with Crippen molar-refractivity contribution >= 4 is 43.1 Å². The molecule has 40 heavy (non-hydrogen) atoms. The second-order valence-electron chi connectivity index (χ2n) is 10.5. The highest BCUT2D eigenvalue weighted by atomic mass is 14.2. The van der Waals surface area contributed by atoms with Crippen LogP contribution in [-0.2, 0) is 0 Å². The Labute approximate surface area is 233 Å². The summed E-state index contributed by atoms with van der Waals surface area (Å²) in [4.78, 5) is 0. The second kappa shape index (κ2) is 9.22. The fraction of sp³-hybridized carbons (Fsp3) is 0. The third-order valence-corrected chi connectivity index (χ3v) is 8.23. The van der Waals surface area contributed by atoms with Crippen molar-refractivity contribution in [3.8, 4) is 33.4 Å². The minimum absolute atomic E-state index is 1.24. The molecule has 0 aliphatic rings. The highest BCUT2D eigenvalue weighted by Gasteiger charge is 2.17. The van der Waals surface area contributed by atoms with Gasteiger partial charge in [0.05, 0.1) is 0 Å². The number of benzene rings is 8. The molecule has 8 aromatic rings. The van der Waals surface area contributed by atoms with Gasteiger partial charge in [-0.05, 0) is 88.6 Å². The molecule has 0 unspecified atom stereocenters. The van der Waals surface area contributed by atoms with E-state index in [0.29, 0.717) is 0 Å². The zero-order valence-corrected chi connectivity index (χ0v) is 22.0. The van der Waals surface area contributed by atoms with E-state index in [1.54, 1.807) is 0 Å². The molecule has 0 aromatic heterocycles. The van der Waals surface area contributed by atoms with Gasteiger partial charge in [0.2, 0.25) is 0 Å². The molecule has 0 heterocycles. The summed E-state index contributed by atoms with van der Waals surface area (Å²) in [6.07, 6.45) is 0. The first-order valence-electron chi connectivity index (χ1n) is 13.9. The molecular formula is C40H26. The van der Waals surface area contributed by atoms with Gasteiger partial charge in [0.1, 0.15) is 0 Å². The lowest BCUT2D eigenvalue weighted by Gasteiger charge is -2.18. The van der Waals surface area contributed by atoms with Crippen LogP contribution in [0.2, 0.25) is 0 Å². The van der Waals surface area contributed by atoms with Crippen molar-refractivity contribution < 1.29 is 0 Å². The van der Waals surface area contributed by atoms with Crippen LogP contribution in [0.15, 0.2) is 158 Å². The summed E-state index contributed by atoms with van der Waals surface area (Å²) in [7, 11) is 0. The Balaban J connectivity index is 1.47. The highest BCUT2D eigenvalue weighted by molar-refractivity contribution is 6.22. The standard InChI is InChI=1S/C40H26/c1-3-13-27(14-4-1)38-26-30-25-29(23-24-31(30)32-17-7-8-18-33(32)38)40-36-21-11-9-19-34(36)39(28-15-5-2-6-16-28)35-20-10-12-22-37(35)40/h1-26H. The maximum absolute atomic E-state index is 2.39. The maximum Gasteiger partial charge on any atom is -0.00262 e. The van der Waals surface area contributed by atoms with E-state index >= 15 is 0 Å². The average molecular weight is 507 g/mol. The molecule has 0 bridgehead atoms. The van der Waals surface area contributed by atoms with Crippen molar-refractivity contribution in [1.82, 2.24) is 0 Å². The van der Waals surface area contributed by atoms with Gasteiger partial charge in [-0.15, -0.1) is 0 Å². The number of hydrogen-bond acceptors (Lipinski definition) is 0. The molecule has 0 heteroatoms. The first-order valence-corrected chi connectivity index (χ1v) is 13.9. The van der Waals surface area contributed by atoms with E-state index in [1.165, 1.54) is 76.5 Å². The van der Waals surface area contributed by atoms with E-state index in [1.807, 2.05) is 0 Å². The summed E-state index contributed by atoms with van der Waals surface area (Å²) in [6.45, 7) is 0. The van der Waals surface area contributed by atoms with Crippen LogP contribution in [0.3, 0.4) is 0 Å². The highest BCUT2D eigenvalue weighted by Crippen LogP contribution is 2.44. The van der Waals surface area contributed by atoms with Gasteiger partial charge in [0.15, 0.2) is 0 Å². The zero-order valence-electron chi connectivity index (χ0n) is 22.0. The Morgan fingerprint density at radius 2 is 0.700 bits per heavy atom. The number of rotatable bonds is 3. The fourth-order valence-corrected chi connectivity index (χ4v) is 6.48. The van der Waals surface area contributed by atoms with Crippen LogP contribution in [-0.4, -0.2) is 0 Å². The predicted molar refractivity (Wildman–Crippen MR) is 173 cm³/mol. The molecule has 0 fully saturated rings. The Hall–Kier alpha value is -5.20. The van der Waals surface area contributed by atoms with Crippen LogP contribution >= 0.6 is 0 Å². The average Bonchev–Trinajstić information content (AvgIpc) is 3.03. The first-order chi connectivity index (χ1) is 19.9. The molecule has 8 aromatic carbocycles. The lowest BCUT2D eigenvalue weighted by atomic mass is 9.85. The van der Waals surface area contributed by atoms with E-state index in [4.69, 9.17) is 0 Å². The largest absolute Gasteiger partial charge is 0.0622 e. The van der Waals surface area contributed by atoms with Crippen molar-refractivity contribution in [2.45, 2.75) is 0 Å². The monoisotopic (exact) mass is 506 g/mol. The van der Waals surface area contributed by atoms with Gasteiger partial charge in [-0.2, -0.15) is 0 Å². The summed E-state index contributed by atoms with van der Waals surface area (Å²) in [5, 5.41) is 10.3. The van der Waals surface area contributed by atoms with E-state index < -0.39 is 0 Å². The van der Waals surface area contributed by atoms with E-state index in [0.717, 1.165) is 0 Å². The van der Waals surface area contributed by atoms with Gasteiger partial charge in [-0.1, -0.05) is 146 Å². The molecule has 0 aliphatic carbocycles. The summed E-state index contributed by atoms with van der Waals surface area (Å²) >= 11 is 0. The molecule has 0 saturated heterocycles. The van der Waals surface area contributed by atoms with Gasteiger partial charge in [-0.25, -0.2) is 0 Å². The predicted octanol–water partition coefficient (Wildman–Crippen LogP) is 11.3. The normalized spacial score (nSPS) is 11.5. The van der Waals surface area contributed by atoms with Crippen molar-refractivity contribution in [3.63, 3.8) is 0 Å². The van der Waals surface area contributed by atoms with Crippen LogP contribution < -0.4 is 0 Å². The van der Waals surface area contributed by atoms with Gasteiger partial charge in [0, 0.05) is 0 Å². The van der Waals surface area contributed by atoms with Crippen molar-refractivity contribution in [1.29, 1.82) is 0 Å². The minimum Gasteiger partial charge on any atom is -0.0622 e. The van der Waals surface area contributed by atoms with Crippen LogP contribution in [0.25, 0.3) is 76.5 Å². The van der Waals surface area contributed by atoms with Crippen LogP contribution in [0, 0.1) is 0 Å². The zero-order chi connectivity index (χ0) is 26.5. The summed E-state index contributed by atoms with van der Waals surface area (Å²) in [5.41, 5.74) is 7.60. The quantitative estimate of drug-likeness (QED) is 0.165. The van der Waals surface area contributed by atoms with Crippen molar-refractivity contribution in [2.75, 3.05) is 0 Å². The third-order valence-electron chi connectivity index (χ3n) is 8.23. The van der Waals surface area contributed by atoms with Crippen molar-refractivity contribution in [2.24, 2.45) is 0 Å². The van der Waals surface area contributed by atoms with Gasteiger partial charge in [-0.3, -0.25) is 0 Å². The Kier molecular flexibility index (Phi) is 5.24. The number of fused-ring (bicyclic) bond motifs is 5. The topological polar surface area (TPSA) is 0 Å². The van der Waals surface area contributed by atoms with Gasteiger partial charge >= 0.3 is 0 Å². The van der Waals surface area contributed by atoms with Crippen LogP contribution in [0.1, 0.15) is 0 Å². The SMILES string of the molecule is c1ccc(-c2c3ccccc3c(-c3ccc4c(c3)cc(-c3ccccc3)c3ccccc34)c3ccccc23)cc1.